The number of hydrogen-bond acceptors (Lipinski definition) is 6. The van der Waals surface area contributed by atoms with E-state index in [4.69, 9.17) is 11.7 Å². The smallest absolute Gasteiger partial charge is 0.348 e. The number of anilines is 1. The van der Waals surface area contributed by atoms with Gasteiger partial charge >= 0.3 is 6.03 Å². The van der Waals surface area contributed by atoms with E-state index in [2.05, 4.69) is 16.7 Å². The van der Waals surface area contributed by atoms with E-state index in [1.807, 2.05) is 68.6 Å². The molecule has 0 radical (unpaired) electrons. The molecule has 0 aromatic heterocycles. The normalized spacial score (nSPS) is 18.6. The number of rotatable bonds is 7. The average Bonchev–Trinajstić information content (AvgIpc) is 2.79. The fourth-order valence-electron chi connectivity index (χ4n) is 3.58. The number of dihydropyridines is 1. The van der Waals surface area contributed by atoms with Gasteiger partial charge in [-0.15, -0.1) is 0 Å². The van der Waals surface area contributed by atoms with Gasteiger partial charge in [0.05, 0.1) is 0 Å². The van der Waals surface area contributed by atoms with Crippen LogP contribution < -0.4 is 22.3 Å². The van der Waals surface area contributed by atoms with E-state index in [9.17, 15) is 9.59 Å². The van der Waals surface area contributed by atoms with Crippen molar-refractivity contribution in [1.29, 1.82) is 0 Å². The van der Waals surface area contributed by atoms with Crippen molar-refractivity contribution in [3.63, 3.8) is 0 Å². The molecule has 2 aliphatic rings. The largest absolute Gasteiger partial charge is 0.387 e. The van der Waals surface area contributed by atoms with Crippen LogP contribution in [0.5, 0.6) is 0 Å². The highest BCUT2D eigenvalue weighted by molar-refractivity contribution is 6.01. The summed E-state index contributed by atoms with van der Waals surface area (Å²) in [5.74, 6) is 11.7. The lowest BCUT2D eigenvalue weighted by atomic mass is 9.86. The fraction of sp³-hybridized carbons (Fsp3) is 0.333. The third-order valence-corrected chi connectivity index (χ3v) is 5.41. The molecule has 0 bridgehead atoms. The Morgan fingerprint density at radius 2 is 2.00 bits per heavy atom. The Balaban J connectivity index is 1.76. The summed E-state index contributed by atoms with van der Waals surface area (Å²) in [6.07, 6.45) is 10.8. The second kappa shape index (κ2) is 10.8. The van der Waals surface area contributed by atoms with E-state index in [0.29, 0.717) is 18.4 Å². The number of ketones is 1. The Morgan fingerprint density at radius 3 is 2.62 bits per heavy atom. The van der Waals surface area contributed by atoms with Gasteiger partial charge in [0.1, 0.15) is 0 Å². The first kappa shape index (κ1) is 23.3. The summed E-state index contributed by atoms with van der Waals surface area (Å²) in [5.41, 5.74) is 3.33. The van der Waals surface area contributed by atoms with Crippen molar-refractivity contribution in [3.8, 4) is 0 Å². The molecule has 2 amide bonds. The Labute approximate surface area is 189 Å². The van der Waals surface area contributed by atoms with Gasteiger partial charge in [0, 0.05) is 42.5 Å². The van der Waals surface area contributed by atoms with Gasteiger partial charge in [-0.25, -0.2) is 16.5 Å². The summed E-state index contributed by atoms with van der Waals surface area (Å²) < 4.78 is 0. The summed E-state index contributed by atoms with van der Waals surface area (Å²) in [5, 5.41) is 8.71. The zero-order chi connectivity index (χ0) is 23.1. The summed E-state index contributed by atoms with van der Waals surface area (Å²) in [4.78, 5) is 25.4. The molecule has 0 saturated carbocycles. The SMILES string of the molecule is CC(C)N(N)C(=O)N(N)CC1CC=C(/C(=C/C2=CCNC=C2)Nc2ccccc2)C(=O)C1. The van der Waals surface area contributed by atoms with Crippen molar-refractivity contribution in [3.05, 3.63) is 77.7 Å². The number of urea groups is 1. The van der Waals surface area contributed by atoms with Gasteiger partial charge in [0.15, 0.2) is 5.78 Å². The lowest BCUT2D eigenvalue weighted by molar-refractivity contribution is -0.116. The van der Waals surface area contributed by atoms with Gasteiger partial charge in [-0.3, -0.25) is 14.8 Å². The van der Waals surface area contributed by atoms with Crippen molar-refractivity contribution >= 4 is 17.5 Å². The molecule has 1 atom stereocenters. The number of benzene rings is 1. The molecule has 32 heavy (non-hydrogen) atoms. The molecule has 170 valence electrons. The molecule has 0 fully saturated rings. The quantitative estimate of drug-likeness (QED) is 0.297. The van der Waals surface area contributed by atoms with Crippen molar-refractivity contribution in [2.45, 2.75) is 32.7 Å². The van der Waals surface area contributed by atoms with E-state index < -0.39 is 6.03 Å². The van der Waals surface area contributed by atoms with Crippen LogP contribution in [0.1, 0.15) is 26.7 Å². The van der Waals surface area contributed by atoms with Gasteiger partial charge in [0.2, 0.25) is 0 Å². The standard InChI is InChI=1S/C24H32N6O2/c1-17(2)30(26)24(32)29(25)16-19-8-9-21(23(31)15-19)22(14-18-10-12-27-13-11-18)28-20-6-4-3-5-7-20/h3-7,9-12,14,17,19,27-28H,8,13,15-16,25-26H2,1-2H3/b22-14-. The molecule has 8 heteroatoms. The molecule has 1 aromatic rings. The third kappa shape index (κ3) is 6.09. The highest BCUT2D eigenvalue weighted by Gasteiger charge is 2.28. The average molecular weight is 437 g/mol. The molecule has 8 nitrogen and oxygen atoms in total. The summed E-state index contributed by atoms with van der Waals surface area (Å²) >= 11 is 0. The van der Waals surface area contributed by atoms with E-state index in [0.717, 1.165) is 33.5 Å². The molecule has 6 N–H and O–H groups in total. The maximum absolute atomic E-state index is 13.1. The Bertz CT molecular complexity index is 948. The van der Waals surface area contributed by atoms with Crippen molar-refractivity contribution in [2.24, 2.45) is 17.6 Å². The summed E-state index contributed by atoms with van der Waals surface area (Å²) in [7, 11) is 0. The highest BCUT2D eigenvalue weighted by Crippen LogP contribution is 2.28. The number of carbonyl (C=O) groups is 2. The van der Waals surface area contributed by atoms with Gasteiger partial charge in [-0.2, -0.15) is 0 Å². The second-order valence-electron chi connectivity index (χ2n) is 8.28. The first-order chi connectivity index (χ1) is 15.3. The number of Topliss-reactive ketones (excluding diaryl/α,β-unsaturated/α-hetero) is 1. The maximum Gasteiger partial charge on any atom is 0.348 e. The molecule has 1 heterocycles. The van der Waals surface area contributed by atoms with Crippen LogP contribution in [-0.2, 0) is 4.79 Å². The number of nitrogens with two attached hydrogens (primary N) is 2. The van der Waals surface area contributed by atoms with Crippen LogP contribution >= 0.6 is 0 Å². The Hall–Kier alpha value is -3.36. The number of nitrogens with one attached hydrogen (secondary N) is 2. The maximum atomic E-state index is 13.1. The molecular formula is C24H32N6O2. The predicted octanol–water partition coefficient (Wildman–Crippen LogP) is 2.81. The fourth-order valence-corrected chi connectivity index (χ4v) is 3.58. The lowest BCUT2D eigenvalue weighted by Gasteiger charge is -2.30. The third-order valence-electron chi connectivity index (χ3n) is 5.41. The molecular weight excluding hydrogens is 404 g/mol. The number of hydrazine groups is 2. The van der Waals surface area contributed by atoms with Crippen LogP contribution in [0.4, 0.5) is 10.5 Å². The van der Waals surface area contributed by atoms with Crippen LogP contribution in [0.2, 0.25) is 0 Å². The number of carbonyl (C=O) groups excluding carboxylic acids is 2. The van der Waals surface area contributed by atoms with Crippen LogP contribution in [0.3, 0.4) is 0 Å². The van der Waals surface area contributed by atoms with Gasteiger partial charge in [-0.1, -0.05) is 30.4 Å². The first-order valence-electron chi connectivity index (χ1n) is 10.8. The first-order valence-corrected chi connectivity index (χ1v) is 10.8. The number of allylic oxidation sites excluding steroid dienone is 5. The molecule has 1 aliphatic heterocycles. The highest BCUT2D eigenvalue weighted by atomic mass is 16.2. The lowest BCUT2D eigenvalue weighted by Crippen LogP contribution is -2.54. The molecule has 3 rings (SSSR count). The minimum absolute atomic E-state index is 0.0174. The van der Waals surface area contributed by atoms with Crippen LogP contribution in [-0.4, -0.2) is 41.0 Å². The number of hydrogen-bond donors (Lipinski definition) is 4. The number of amides is 2. The molecule has 0 spiro atoms. The van der Waals surface area contributed by atoms with E-state index >= 15 is 0 Å². The Kier molecular flexibility index (Phi) is 7.86. The minimum Gasteiger partial charge on any atom is -0.387 e. The van der Waals surface area contributed by atoms with Crippen LogP contribution in [0.15, 0.2) is 77.7 Å². The van der Waals surface area contributed by atoms with Crippen LogP contribution in [0.25, 0.3) is 0 Å². The molecule has 1 aliphatic carbocycles. The zero-order valence-corrected chi connectivity index (χ0v) is 18.6. The van der Waals surface area contributed by atoms with Crippen molar-refractivity contribution < 1.29 is 9.59 Å². The Morgan fingerprint density at radius 1 is 1.25 bits per heavy atom. The van der Waals surface area contributed by atoms with Crippen LogP contribution in [0, 0.1) is 5.92 Å². The van der Waals surface area contributed by atoms with E-state index in [1.165, 1.54) is 0 Å². The predicted molar refractivity (Wildman–Crippen MR) is 127 cm³/mol. The number of nitrogens with zero attached hydrogens (tertiary/aromatic N) is 2. The van der Waals surface area contributed by atoms with Gasteiger partial charge < -0.3 is 10.6 Å². The second-order valence-corrected chi connectivity index (χ2v) is 8.28. The number of para-hydroxylation sites is 1. The zero-order valence-electron chi connectivity index (χ0n) is 18.6. The molecule has 0 saturated heterocycles. The summed E-state index contributed by atoms with van der Waals surface area (Å²) in [6.45, 7) is 4.63. The minimum atomic E-state index is -0.460. The van der Waals surface area contributed by atoms with E-state index in [-0.39, 0.29) is 24.3 Å². The van der Waals surface area contributed by atoms with Crippen molar-refractivity contribution in [1.82, 2.24) is 15.3 Å². The summed E-state index contributed by atoms with van der Waals surface area (Å²) in [6, 6.07) is 9.14. The van der Waals surface area contributed by atoms with Gasteiger partial charge in [-0.05, 0) is 62.2 Å². The molecule has 1 aromatic carbocycles. The van der Waals surface area contributed by atoms with Crippen molar-refractivity contribution in [2.75, 3.05) is 18.4 Å². The van der Waals surface area contributed by atoms with Gasteiger partial charge in [0.25, 0.3) is 0 Å². The molecule has 1 unspecified atom stereocenters. The van der Waals surface area contributed by atoms with E-state index in [1.54, 1.807) is 0 Å². The monoisotopic (exact) mass is 436 g/mol. The topological polar surface area (TPSA) is 117 Å².